The smallest absolute Gasteiger partial charge is 0.273 e. The van der Waals surface area contributed by atoms with Crippen molar-refractivity contribution in [3.05, 3.63) is 75.2 Å². The molecule has 1 aromatic heterocycles. The third-order valence-electron chi connectivity index (χ3n) is 3.50. The molecule has 3 aromatic rings. The van der Waals surface area contributed by atoms with Gasteiger partial charge in [0.05, 0.1) is 11.8 Å². The zero-order valence-electron chi connectivity index (χ0n) is 12.9. The van der Waals surface area contributed by atoms with Crippen molar-refractivity contribution >= 4 is 34.2 Å². The van der Waals surface area contributed by atoms with E-state index in [-0.39, 0.29) is 17.7 Å². The molecular formula is C17H13ClN4O3. The van der Waals surface area contributed by atoms with Crippen LogP contribution in [0.3, 0.4) is 0 Å². The summed E-state index contributed by atoms with van der Waals surface area (Å²) in [5, 5.41) is 7.35. The van der Waals surface area contributed by atoms with Crippen LogP contribution in [0.15, 0.2) is 53.3 Å². The van der Waals surface area contributed by atoms with E-state index in [0.29, 0.717) is 15.8 Å². The van der Waals surface area contributed by atoms with Crippen LogP contribution in [-0.4, -0.2) is 22.0 Å². The SMILES string of the molecule is O=C(Cc1ccc(Cl)cc1)NNC(=O)c1n[nH]c(=O)c2ccccc12. The minimum atomic E-state index is -0.628. The van der Waals surface area contributed by atoms with Crippen molar-refractivity contribution in [2.24, 2.45) is 0 Å². The first-order valence-electron chi connectivity index (χ1n) is 7.35. The number of rotatable bonds is 3. The topological polar surface area (TPSA) is 104 Å². The van der Waals surface area contributed by atoms with Crippen LogP contribution in [0, 0.1) is 0 Å². The molecule has 0 radical (unpaired) electrons. The summed E-state index contributed by atoms with van der Waals surface area (Å²) in [7, 11) is 0. The number of hydrogen-bond donors (Lipinski definition) is 3. The van der Waals surface area contributed by atoms with Crippen molar-refractivity contribution in [2.45, 2.75) is 6.42 Å². The summed E-state index contributed by atoms with van der Waals surface area (Å²) in [4.78, 5) is 35.9. The number of aromatic amines is 1. The molecule has 1 heterocycles. The van der Waals surface area contributed by atoms with Gasteiger partial charge >= 0.3 is 0 Å². The lowest BCUT2D eigenvalue weighted by Crippen LogP contribution is -2.43. The number of H-pyrrole nitrogens is 1. The third kappa shape index (κ3) is 3.84. The fraction of sp³-hybridized carbons (Fsp3) is 0.0588. The van der Waals surface area contributed by atoms with Gasteiger partial charge in [-0.2, -0.15) is 5.10 Å². The first-order chi connectivity index (χ1) is 12.0. The number of carbonyl (C=O) groups excluding carboxylic acids is 2. The van der Waals surface area contributed by atoms with E-state index in [1.165, 1.54) is 0 Å². The van der Waals surface area contributed by atoms with Gasteiger partial charge in [-0.25, -0.2) is 5.10 Å². The zero-order valence-corrected chi connectivity index (χ0v) is 13.6. The minimum Gasteiger partial charge on any atom is -0.273 e. The minimum absolute atomic E-state index is 0.0157. The van der Waals surface area contributed by atoms with Crippen LogP contribution in [0.4, 0.5) is 0 Å². The summed E-state index contributed by atoms with van der Waals surface area (Å²) < 4.78 is 0. The maximum atomic E-state index is 12.2. The second-order valence-electron chi connectivity index (χ2n) is 5.25. The molecule has 126 valence electrons. The summed E-state index contributed by atoms with van der Waals surface area (Å²) >= 11 is 5.79. The van der Waals surface area contributed by atoms with Crippen molar-refractivity contribution in [3.63, 3.8) is 0 Å². The van der Waals surface area contributed by atoms with Crippen molar-refractivity contribution in [3.8, 4) is 0 Å². The molecule has 0 aliphatic heterocycles. The Hall–Kier alpha value is -3.19. The summed E-state index contributed by atoms with van der Waals surface area (Å²) in [6, 6.07) is 13.4. The van der Waals surface area contributed by atoms with Gasteiger partial charge in [0.1, 0.15) is 0 Å². The lowest BCUT2D eigenvalue weighted by atomic mass is 10.1. The quantitative estimate of drug-likeness (QED) is 0.620. The molecule has 8 heteroatoms. The Morgan fingerprint density at radius 3 is 2.40 bits per heavy atom. The zero-order chi connectivity index (χ0) is 17.8. The molecule has 0 fully saturated rings. The molecule has 2 aromatic carbocycles. The Kier molecular flexibility index (Phi) is 4.76. The number of nitrogens with one attached hydrogen (secondary N) is 3. The van der Waals surface area contributed by atoms with E-state index in [1.807, 2.05) is 0 Å². The van der Waals surface area contributed by atoms with Gasteiger partial charge in [-0.3, -0.25) is 25.2 Å². The molecule has 0 unspecified atom stereocenters. The van der Waals surface area contributed by atoms with E-state index in [1.54, 1.807) is 48.5 Å². The Bertz CT molecular complexity index is 999. The number of aromatic nitrogens is 2. The Morgan fingerprint density at radius 1 is 1.00 bits per heavy atom. The molecule has 3 N–H and O–H groups in total. The number of hydrazine groups is 1. The highest BCUT2D eigenvalue weighted by molar-refractivity contribution is 6.30. The van der Waals surface area contributed by atoms with Gasteiger partial charge in [0.15, 0.2) is 5.69 Å². The van der Waals surface area contributed by atoms with E-state index < -0.39 is 11.8 Å². The second kappa shape index (κ2) is 7.14. The average Bonchev–Trinajstić information content (AvgIpc) is 2.62. The van der Waals surface area contributed by atoms with Gasteiger partial charge in [0, 0.05) is 10.4 Å². The lowest BCUT2D eigenvalue weighted by Gasteiger charge is -2.08. The number of carbonyl (C=O) groups is 2. The number of hydrogen-bond acceptors (Lipinski definition) is 4. The fourth-order valence-corrected chi connectivity index (χ4v) is 2.43. The standard InChI is InChI=1S/C17H13ClN4O3/c18-11-7-5-10(6-8-11)9-14(23)19-22-17(25)15-12-3-1-2-4-13(12)16(24)21-20-15/h1-8H,9H2,(H,19,23)(H,21,24)(H,22,25). The first-order valence-corrected chi connectivity index (χ1v) is 7.73. The fourth-order valence-electron chi connectivity index (χ4n) is 2.31. The molecule has 0 saturated carbocycles. The number of nitrogens with zero attached hydrogens (tertiary/aromatic N) is 1. The van der Waals surface area contributed by atoms with E-state index >= 15 is 0 Å². The predicted octanol–water partition coefficient (Wildman–Crippen LogP) is 1.58. The van der Waals surface area contributed by atoms with E-state index in [2.05, 4.69) is 21.0 Å². The Labute approximate surface area is 147 Å². The number of benzene rings is 2. The molecule has 3 rings (SSSR count). The van der Waals surface area contributed by atoms with Crippen LogP contribution in [-0.2, 0) is 11.2 Å². The van der Waals surface area contributed by atoms with Crippen molar-refractivity contribution in [1.29, 1.82) is 0 Å². The van der Waals surface area contributed by atoms with Gasteiger partial charge < -0.3 is 0 Å². The predicted molar refractivity (Wildman–Crippen MR) is 93.1 cm³/mol. The van der Waals surface area contributed by atoms with Crippen LogP contribution >= 0.6 is 11.6 Å². The summed E-state index contributed by atoms with van der Waals surface area (Å²) in [6.07, 6.45) is 0.0806. The van der Waals surface area contributed by atoms with Crippen LogP contribution in [0.1, 0.15) is 16.1 Å². The van der Waals surface area contributed by atoms with E-state index in [0.717, 1.165) is 5.56 Å². The molecule has 2 amide bonds. The molecule has 0 bridgehead atoms. The van der Waals surface area contributed by atoms with E-state index in [9.17, 15) is 14.4 Å². The van der Waals surface area contributed by atoms with Gasteiger partial charge in [-0.1, -0.05) is 41.9 Å². The van der Waals surface area contributed by atoms with Crippen LogP contribution in [0.2, 0.25) is 5.02 Å². The Balaban J connectivity index is 1.69. The summed E-state index contributed by atoms with van der Waals surface area (Å²) in [5.41, 5.74) is 4.99. The van der Waals surface area contributed by atoms with Crippen LogP contribution < -0.4 is 16.4 Å². The average molecular weight is 357 g/mol. The highest BCUT2D eigenvalue weighted by atomic mass is 35.5. The van der Waals surface area contributed by atoms with Crippen LogP contribution in [0.25, 0.3) is 10.8 Å². The molecule has 0 aliphatic rings. The molecular weight excluding hydrogens is 344 g/mol. The van der Waals surface area contributed by atoms with Crippen molar-refractivity contribution in [2.75, 3.05) is 0 Å². The molecule has 0 aliphatic carbocycles. The molecule has 7 nitrogen and oxygen atoms in total. The Morgan fingerprint density at radius 2 is 1.68 bits per heavy atom. The van der Waals surface area contributed by atoms with Gasteiger partial charge in [-0.05, 0) is 23.8 Å². The number of amides is 2. The van der Waals surface area contributed by atoms with E-state index in [4.69, 9.17) is 11.6 Å². The van der Waals surface area contributed by atoms with Crippen molar-refractivity contribution in [1.82, 2.24) is 21.0 Å². The van der Waals surface area contributed by atoms with Crippen LogP contribution in [0.5, 0.6) is 0 Å². The monoisotopic (exact) mass is 356 g/mol. The van der Waals surface area contributed by atoms with Gasteiger partial charge in [0.2, 0.25) is 5.91 Å². The molecule has 0 spiro atoms. The normalized spacial score (nSPS) is 10.4. The largest absolute Gasteiger partial charge is 0.290 e. The highest BCUT2D eigenvalue weighted by Gasteiger charge is 2.14. The maximum absolute atomic E-state index is 12.2. The molecule has 25 heavy (non-hydrogen) atoms. The number of fused-ring (bicyclic) bond motifs is 1. The summed E-state index contributed by atoms with van der Waals surface area (Å²) in [6.45, 7) is 0. The molecule has 0 saturated heterocycles. The summed E-state index contributed by atoms with van der Waals surface area (Å²) in [5.74, 6) is -1.03. The second-order valence-corrected chi connectivity index (χ2v) is 5.69. The van der Waals surface area contributed by atoms with Gasteiger partial charge in [0.25, 0.3) is 11.5 Å². The molecule has 0 atom stereocenters. The third-order valence-corrected chi connectivity index (χ3v) is 3.76. The highest BCUT2D eigenvalue weighted by Crippen LogP contribution is 2.12. The van der Waals surface area contributed by atoms with Crippen molar-refractivity contribution < 1.29 is 9.59 Å². The number of halogens is 1. The van der Waals surface area contributed by atoms with Gasteiger partial charge in [-0.15, -0.1) is 0 Å². The first kappa shape index (κ1) is 16.7. The maximum Gasteiger partial charge on any atom is 0.290 e. The lowest BCUT2D eigenvalue weighted by molar-refractivity contribution is -0.121.